The van der Waals surface area contributed by atoms with Gasteiger partial charge in [-0.15, -0.1) is 0 Å². The summed E-state index contributed by atoms with van der Waals surface area (Å²) in [5, 5.41) is 3.86. The van der Waals surface area contributed by atoms with Crippen molar-refractivity contribution in [2.75, 3.05) is 39.2 Å². The minimum absolute atomic E-state index is 0.133. The summed E-state index contributed by atoms with van der Waals surface area (Å²) in [4.78, 5) is 18.5. The van der Waals surface area contributed by atoms with Crippen molar-refractivity contribution < 1.29 is 14.3 Å². The molecule has 1 N–H and O–H groups in total. The monoisotopic (exact) mass is 329 g/mol. The Hall–Kier alpha value is -2.34. The van der Waals surface area contributed by atoms with Gasteiger partial charge < -0.3 is 19.7 Å². The first-order valence-electron chi connectivity index (χ1n) is 8.20. The van der Waals surface area contributed by atoms with E-state index in [1.165, 1.54) is 0 Å². The molecule has 1 aromatic heterocycles. The molecular weight excluding hydrogens is 306 g/mol. The van der Waals surface area contributed by atoms with Gasteiger partial charge in [0.2, 0.25) is 0 Å². The van der Waals surface area contributed by atoms with Crippen molar-refractivity contribution in [1.29, 1.82) is 0 Å². The van der Waals surface area contributed by atoms with Crippen LogP contribution < -0.4 is 10.1 Å². The van der Waals surface area contributed by atoms with Gasteiger partial charge in [-0.2, -0.15) is 0 Å². The topological polar surface area (TPSA) is 63.7 Å². The number of nitrogens with one attached hydrogen (secondary N) is 1. The lowest BCUT2D eigenvalue weighted by atomic mass is 10.0. The van der Waals surface area contributed by atoms with Gasteiger partial charge in [-0.3, -0.25) is 4.98 Å². The fourth-order valence-electron chi connectivity index (χ4n) is 3.03. The molecule has 0 saturated carbocycles. The van der Waals surface area contributed by atoms with Crippen molar-refractivity contribution in [2.45, 2.75) is 12.8 Å². The molecule has 24 heavy (non-hydrogen) atoms. The van der Waals surface area contributed by atoms with E-state index in [2.05, 4.69) is 10.3 Å². The van der Waals surface area contributed by atoms with Gasteiger partial charge in [0, 0.05) is 49.5 Å². The van der Waals surface area contributed by atoms with Crippen molar-refractivity contribution >= 4 is 22.6 Å². The lowest BCUT2D eigenvalue weighted by Crippen LogP contribution is -2.37. The second-order valence-electron chi connectivity index (χ2n) is 6.15. The normalized spacial score (nSPS) is 17.5. The zero-order chi connectivity index (χ0) is 16.9. The van der Waals surface area contributed by atoms with Crippen molar-refractivity contribution in [2.24, 2.45) is 5.92 Å². The number of pyridine rings is 1. The molecule has 6 nitrogen and oxygen atoms in total. The van der Waals surface area contributed by atoms with Gasteiger partial charge in [0.25, 0.3) is 0 Å². The number of hydrogen-bond donors (Lipinski definition) is 1. The number of carbonyl (C=O) groups excluding carboxylic acids is 1. The minimum atomic E-state index is -0.133. The number of hydrogen-bond acceptors (Lipinski definition) is 4. The number of nitrogens with zero attached hydrogens (tertiary/aromatic N) is 2. The predicted octanol–water partition coefficient (Wildman–Crippen LogP) is 3.13. The minimum Gasteiger partial charge on any atom is -0.494 e. The number of urea groups is 1. The first kappa shape index (κ1) is 16.5. The van der Waals surface area contributed by atoms with E-state index in [-0.39, 0.29) is 6.03 Å². The Labute approximate surface area is 141 Å². The molecule has 2 amide bonds. The van der Waals surface area contributed by atoms with Crippen molar-refractivity contribution in [3.63, 3.8) is 0 Å². The number of aromatic nitrogens is 1. The Balaban J connectivity index is 1.70. The fraction of sp³-hybridized carbons (Fsp3) is 0.444. The van der Waals surface area contributed by atoms with Crippen LogP contribution in [0.2, 0.25) is 0 Å². The van der Waals surface area contributed by atoms with Crippen LogP contribution in [0.25, 0.3) is 10.9 Å². The third-order valence-electron chi connectivity index (χ3n) is 4.27. The van der Waals surface area contributed by atoms with Crippen LogP contribution in [0.4, 0.5) is 10.5 Å². The molecule has 0 bridgehead atoms. The van der Waals surface area contributed by atoms with Crippen LogP contribution in [0.5, 0.6) is 5.75 Å². The molecular formula is C18H23N3O3. The van der Waals surface area contributed by atoms with Crippen LogP contribution in [-0.4, -0.2) is 49.8 Å². The fourth-order valence-corrected chi connectivity index (χ4v) is 3.03. The molecule has 0 aliphatic carbocycles. The van der Waals surface area contributed by atoms with Crippen LogP contribution in [0.3, 0.4) is 0 Å². The first-order valence-corrected chi connectivity index (χ1v) is 8.20. The highest BCUT2D eigenvalue weighted by atomic mass is 16.5. The molecule has 0 radical (unpaired) electrons. The Morgan fingerprint density at radius 2 is 2.38 bits per heavy atom. The van der Waals surface area contributed by atoms with Gasteiger partial charge in [0.1, 0.15) is 11.3 Å². The summed E-state index contributed by atoms with van der Waals surface area (Å²) in [6, 6.07) is 7.38. The smallest absolute Gasteiger partial charge is 0.321 e. The highest BCUT2D eigenvalue weighted by Crippen LogP contribution is 2.28. The van der Waals surface area contributed by atoms with E-state index in [0.717, 1.165) is 37.0 Å². The van der Waals surface area contributed by atoms with Crippen molar-refractivity contribution in [3.05, 3.63) is 30.5 Å². The van der Waals surface area contributed by atoms with Gasteiger partial charge in [-0.05, 0) is 25.0 Å². The van der Waals surface area contributed by atoms with Crippen LogP contribution in [-0.2, 0) is 4.74 Å². The van der Waals surface area contributed by atoms with E-state index in [4.69, 9.17) is 9.47 Å². The molecule has 2 aromatic rings. The molecule has 3 rings (SSSR count). The molecule has 1 aliphatic heterocycles. The molecule has 2 heterocycles. The number of methoxy groups -OCH3 is 1. The van der Waals surface area contributed by atoms with Crippen molar-refractivity contribution in [3.8, 4) is 5.75 Å². The lowest BCUT2D eigenvalue weighted by Gasteiger charge is -2.27. The Morgan fingerprint density at radius 1 is 1.50 bits per heavy atom. The molecule has 1 atom stereocenters. The van der Waals surface area contributed by atoms with E-state index in [9.17, 15) is 4.79 Å². The highest BCUT2D eigenvalue weighted by Gasteiger charge is 2.19. The van der Waals surface area contributed by atoms with E-state index in [0.29, 0.717) is 23.9 Å². The van der Waals surface area contributed by atoms with E-state index >= 15 is 0 Å². The van der Waals surface area contributed by atoms with Crippen LogP contribution in [0.15, 0.2) is 30.5 Å². The molecule has 1 saturated heterocycles. The van der Waals surface area contributed by atoms with Gasteiger partial charge in [-0.25, -0.2) is 4.79 Å². The summed E-state index contributed by atoms with van der Waals surface area (Å²) in [5.41, 5.74) is 1.48. The van der Waals surface area contributed by atoms with E-state index in [1.54, 1.807) is 24.3 Å². The average Bonchev–Trinajstić information content (AvgIpc) is 2.61. The maximum atomic E-state index is 12.4. The van der Waals surface area contributed by atoms with Crippen LogP contribution >= 0.6 is 0 Å². The summed E-state index contributed by atoms with van der Waals surface area (Å²) in [7, 11) is 3.41. The van der Waals surface area contributed by atoms with Crippen LogP contribution in [0.1, 0.15) is 12.8 Å². The van der Waals surface area contributed by atoms with Gasteiger partial charge in [0.05, 0.1) is 13.7 Å². The quantitative estimate of drug-likeness (QED) is 0.936. The first-order chi connectivity index (χ1) is 11.7. The molecule has 6 heteroatoms. The summed E-state index contributed by atoms with van der Waals surface area (Å²) >= 11 is 0. The molecule has 0 spiro atoms. The summed E-state index contributed by atoms with van der Waals surface area (Å²) < 4.78 is 10.9. The number of amides is 2. The number of rotatable bonds is 4. The summed E-state index contributed by atoms with van der Waals surface area (Å²) in [5.74, 6) is 1.05. The molecule has 1 aromatic carbocycles. The zero-order valence-corrected chi connectivity index (χ0v) is 14.1. The summed E-state index contributed by atoms with van der Waals surface area (Å²) in [6.07, 6.45) is 3.89. The third kappa shape index (κ3) is 3.76. The number of ether oxygens (including phenoxy) is 2. The zero-order valence-electron chi connectivity index (χ0n) is 14.1. The number of fused-ring (bicyclic) bond motifs is 1. The Kier molecular flexibility index (Phi) is 5.15. The summed E-state index contributed by atoms with van der Waals surface area (Å²) in [6.45, 7) is 2.25. The van der Waals surface area contributed by atoms with Crippen molar-refractivity contribution in [1.82, 2.24) is 9.88 Å². The highest BCUT2D eigenvalue weighted by molar-refractivity contribution is 5.94. The number of carbonyl (C=O) groups is 1. The van der Waals surface area contributed by atoms with Gasteiger partial charge in [0.15, 0.2) is 0 Å². The third-order valence-corrected chi connectivity index (χ3v) is 4.27. The maximum absolute atomic E-state index is 12.4. The molecule has 0 unspecified atom stereocenters. The van der Waals surface area contributed by atoms with E-state index < -0.39 is 0 Å². The predicted molar refractivity (Wildman–Crippen MR) is 93.5 cm³/mol. The lowest BCUT2D eigenvalue weighted by molar-refractivity contribution is 0.0464. The largest absolute Gasteiger partial charge is 0.494 e. The second kappa shape index (κ2) is 7.49. The molecule has 1 fully saturated rings. The second-order valence-corrected chi connectivity index (χ2v) is 6.15. The SMILES string of the molecule is COc1cc(NC(=O)N(C)C[C@@H]2CCCOC2)cc2cccnc12. The Morgan fingerprint density at radius 3 is 3.12 bits per heavy atom. The molecule has 1 aliphatic rings. The van der Waals surface area contributed by atoms with Crippen LogP contribution in [0, 0.1) is 5.92 Å². The van der Waals surface area contributed by atoms with Gasteiger partial charge in [-0.1, -0.05) is 6.07 Å². The molecule has 128 valence electrons. The number of benzene rings is 1. The van der Waals surface area contributed by atoms with E-state index in [1.807, 2.05) is 25.2 Å². The maximum Gasteiger partial charge on any atom is 0.321 e. The number of anilines is 1. The standard InChI is InChI=1S/C18H23N3O3/c1-21(11-13-5-4-8-24-12-13)18(22)20-15-9-14-6-3-7-19-17(14)16(10-15)23-2/h3,6-7,9-10,13H,4-5,8,11-12H2,1-2H3,(H,20,22)/t13-/m0/s1. The van der Waals surface area contributed by atoms with Gasteiger partial charge >= 0.3 is 6.03 Å². The Bertz CT molecular complexity index is 714. The average molecular weight is 329 g/mol.